The predicted molar refractivity (Wildman–Crippen MR) is 81.2 cm³/mol. The number of aromatic carboxylic acids is 1. The summed E-state index contributed by atoms with van der Waals surface area (Å²) >= 11 is 0. The Labute approximate surface area is 127 Å². The van der Waals surface area contributed by atoms with Gasteiger partial charge in [-0.2, -0.15) is 12.8 Å². The number of carboxylic acids is 1. The summed E-state index contributed by atoms with van der Waals surface area (Å²) in [4.78, 5) is 10.7. The Morgan fingerprint density at radius 1 is 1.09 bits per heavy atom. The van der Waals surface area contributed by atoms with Gasteiger partial charge in [-0.05, 0) is 54.1 Å². The Balaban J connectivity index is 2.22. The van der Waals surface area contributed by atoms with E-state index in [-0.39, 0.29) is 10.5 Å². The quantitative estimate of drug-likeness (QED) is 0.853. The highest BCUT2D eigenvalue weighted by molar-refractivity contribution is 7.90. The molecule has 0 bridgehead atoms. The maximum absolute atomic E-state index is 12.0. The van der Waals surface area contributed by atoms with Crippen LogP contribution in [0.2, 0.25) is 0 Å². The standard InChI is InChI=1S/C15H13NO5S/c1-21-13-6-2-11(3-7-13)10-16-22(19,20)14-8-4-12(5-9-14)15(17)18/h2-10H,1H3,(H,17,18)/b16-10+. The molecule has 7 heteroatoms. The van der Waals surface area contributed by atoms with E-state index in [2.05, 4.69) is 4.40 Å². The highest BCUT2D eigenvalue weighted by Gasteiger charge is 2.12. The van der Waals surface area contributed by atoms with E-state index in [1.54, 1.807) is 24.3 Å². The summed E-state index contributed by atoms with van der Waals surface area (Å²) in [6, 6.07) is 11.6. The minimum atomic E-state index is -3.87. The van der Waals surface area contributed by atoms with Crippen molar-refractivity contribution in [3.05, 3.63) is 59.7 Å². The zero-order valence-electron chi connectivity index (χ0n) is 11.6. The molecule has 1 N–H and O–H groups in total. The monoisotopic (exact) mass is 319 g/mol. The molecule has 0 aromatic heterocycles. The van der Waals surface area contributed by atoms with Gasteiger partial charge in [0.05, 0.1) is 17.6 Å². The number of hydrogen-bond acceptors (Lipinski definition) is 4. The van der Waals surface area contributed by atoms with Crippen LogP contribution in [0.3, 0.4) is 0 Å². The Hall–Kier alpha value is -2.67. The van der Waals surface area contributed by atoms with Gasteiger partial charge in [-0.25, -0.2) is 4.79 Å². The second-order valence-corrected chi connectivity index (χ2v) is 5.94. The second-order valence-electron chi connectivity index (χ2n) is 4.31. The van der Waals surface area contributed by atoms with Gasteiger partial charge in [0.15, 0.2) is 0 Å². The molecule has 6 nitrogen and oxygen atoms in total. The molecule has 114 valence electrons. The van der Waals surface area contributed by atoms with Gasteiger partial charge in [0.2, 0.25) is 0 Å². The van der Waals surface area contributed by atoms with Gasteiger partial charge >= 0.3 is 5.97 Å². The van der Waals surface area contributed by atoms with Crippen LogP contribution in [-0.2, 0) is 10.0 Å². The first kappa shape index (κ1) is 15.7. The Kier molecular flexibility index (Phi) is 4.57. The molecule has 0 saturated carbocycles. The van der Waals surface area contributed by atoms with Crippen molar-refractivity contribution in [1.29, 1.82) is 0 Å². The van der Waals surface area contributed by atoms with Crippen molar-refractivity contribution in [2.24, 2.45) is 4.40 Å². The Morgan fingerprint density at radius 3 is 2.18 bits per heavy atom. The second kappa shape index (κ2) is 6.40. The minimum absolute atomic E-state index is 0.0121. The zero-order chi connectivity index (χ0) is 16.2. The van der Waals surface area contributed by atoms with Crippen LogP contribution in [0.15, 0.2) is 57.8 Å². The van der Waals surface area contributed by atoms with E-state index in [9.17, 15) is 13.2 Å². The summed E-state index contributed by atoms with van der Waals surface area (Å²) in [7, 11) is -2.34. The Bertz CT molecular complexity index is 793. The Morgan fingerprint density at radius 2 is 1.68 bits per heavy atom. The molecule has 0 amide bonds. The molecule has 0 atom stereocenters. The average Bonchev–Trinajstić information content (AvgIpc) is 2.53. The zero-order valence-corrected chi connectivity index (χ0v) is 12.4. The van der Waals surface area contributed by atoms with Crippen LogP contribution >= 0.6 is 0 Å². The number of rotatable bonds is 5. The van der Waals surface area contributed by atoms with Crippen molar-refractivity contribution in [2.75, 3.05) is 7.11 Å². The first-order valence-corrected chi connectivity index (χ1v) is 7.64. The maximum atomic E-state index is 12.0. The minimum Gasteiger partial charge on any atom is -0.497 e. The fraction of sp³-hybridized carbons (Fsp3) is 0.0667. The van der Waals surface area contributed by atoms with E-state index in [4.69, 9.17) is 9.84 Å². The first-order chi connectivity index (χ1) is 10.4. The number of sulfonamides is 1. The molecule has 0 saturated heterocycles. The third kappa shape index (κ3) is 3.70. The molecule has 22 heavy (non-hydrogen) atoms. The molecular formula is C15H13NO5S. The fourth-order valence-corrected chi connectivity index (χ4v) is 2.51. The summed E-state index contributed by atoms with van der Waals surface area (Å²) < 4.78 is 32.7. The number of methoxy groups -OCH3 is 1. The third-order valence-corrected chi connectivity index (χ3v) is 4.11. The lowest BCUT2D eigenvalue weighted by molar-refractivity contribution is 0.0696. The van der Waals surface area contributed by atoms with Crippen molar-refractivity contribution < 1.29 is 23.1 Å². The van der Waals surface area contributed by atoms with E-state index in [0.717, 1.165) is 0 Å². The highest BCUT2D eigenvalue weighted by Crippen LogP contribution is 2.14. The molecule has 0 radical (unpaired) electrons. The lowest BCUT2D eigenvalue weighted by Gasteiger charge is -2.01. The SMILES string of the molecule is COc1ccc(/C=N/S(=O)(=O)c2ccc(C(=O)O)cc2)cc1. The van der Waals surface area contributed by atoms with Crippen molar-refractivity contribution in [3.63, 3.8) is 0 Å². The average molecular weight is 319 g/mol. The van der Waals surface area contributed by atoms with Crippen LogP contribution in [0, 0.1) is 0 Å². The molecule has 0 aliphatic carbocycles. The number of carboxylic acid groups (broad SMARTS) is 1. The van der Waals surface area contributed by atoms with Gasteiger partial charge in [-0.1, -0.05) is 0 Å². The first-order valence-electron chi connectivity index (χ1n) is 6.20. The smallest absolute Gasteiger partial charge is 0.335 e. The van der Waals surface area contributed by atoms with Gasteiger partial charge in [0.1, 0.15) is 5.75 Å². The summed E-state index contributed by atoms with van der Waals surface area (Å²) in [5, 5.41) is 8.78. The van der Waals surface area contributed by atoms with Gasteiger partial charge in [0.25, 0.3) is 10.0 Å². The molecule has 0 spiro atoms. The molecule has 0 fully saturated rings. The van der Waals surface area contributed by atoms with E-state index >= 15 is 0 Å². The molecule has 2 aromatic carbocycles. The number of carbonyl (C=O) groups is 1. The van der Waals surface area contributed by atoms with E-state index in [1.165, 1.54) is 37.6 Å². The van der Waals surface area contributed by atoms with Crippen molar-refractivity contribution in [3.8, 4) is 5.75 Å². The number of hydrogen-bond donors (Lipinski definition) is 1. The van der Waals surface area contributed by atoms with Gasteiger partial charge in [0, 0.05) is 6.21 Å². The predicted octanol–water partition coefficient (Wildman–Crippen LogP) is 2.20. The van der Waals surface area contributed by atoms with E-state index < -0.39 is 16.0 Å². The van der Waals surface area contributed by atoms with Crippen molar-refractivity contribution in [2.45, 2.75) is 4.90 Å². The largest absolute Gasteiger partial charge is 0.497 e. The topological polar surface area (TPSA) is 93.0 Å². The molecule has 2 aromatic rings. The normalized spacial score (nSPS) is 11.5. The third-order valence-electron chi connectivity index (χ3n) is 2.86. The van der Waals surface area contributed by atoms with E-state index in [1.807, 2.05) is 0 Å². The maximum Gasteiger partial charge on any atom is 0.335 e. The highest BCUT2D eigenvalue weighted by atomic mass is 32.2. The van der Waals surface area contributed by atoms with Gasteiger partial charge in [-0.15, -0.1) is 0 Å². The van der Waals surface area contributed by atoms with Crippen LogP contribution in [0.4, 0.5) is 0 Å². The van der Waals surface area contributed by atoms with Crippen LogP contribution < -0.4 is 4.74 Å². The number of benzene rings is 2. The number of ether oxygens (including phenoxy) is 1. The summed E-state index contributed by atoms with van der Waals surface area (Å²) in [5.41, 5.74) is 0.615. The molecule has 0 unspecified atom stereocenters. The molecule has 0 heterocycles. The molecule has 0 aliphatic heterocycles. The molecule has 2 rings (SSSR count). The van der Waals surface area contributed by atoms with Crippen molar-refractivity contribution in [1.82, 2.24) is 0 Å². The number of nitrogens with zero attached hydrogens (tertiary/aromatic N) is 1. The van der Waals surface area contributed by atoms with Crippen LogP contribution in [0.25, 0.3) is 0 Å². The van der Waals surface area contributed by atoms with Crippen LogP contribution in [0.1, 0.15) is 15.9 Å². The van der Waals surface area contributed by atoms with Crippen LogP contribution in [-0.4, -0.2) is 32.8 Å². The summed E-state index contributed by atoms with van der Waals surface area (Å²) in [6.07, 6.45) is 1.22. The van der Waals surface area contributed by atoms with Crippen LogP contribution in [0.5, 0.6) is 5.75 Å². The van der Waals surface area contributed by atoms with Gasteiger partial charge in [-0.3, -0.25) is 0 Å². The lowest BCUT2D eigenvalue weighted by Crippen LogP contribution is -2.00. The summed E-state index contributed by atoms with van der Waals surface area (Å²) in [5.74, 6) is -0.463. The molecular weight excluding hydrogens is 306 g/mol. The van der Waals surface area contributed by atoms with Gasteiger partial charge < -0.3 is 9.84 Å². The molecule has 0 aliphatic rings. The van der Waals surface area contributed by atoms with E-state index in [0.29, 0.717) is 11.3 Å². The van der Waals surface area contributed by atoms with Crippen molar-refractivity contribution >= 4 is 22.2 Å². The fourth-order valence-electron chi connectivity index (χ4n) is 1.65. The summed E-state index contributed by atoms with van der Waals surface area (Å²) in [6.45, 7) is 0. The lowest BCUT2D eigenvalue weighted by atomic mass is 10.2.